The van der Waals surface area contributed by atoms with Gasteiger partial charge in [-0.05, 0) is 30.3 Å². The molecule has 1 N–H and O–H groups in total. The van der Waals surface area contributed by atoms with E-state index in [2.05, 4.69) is 23.4 Å². The van der Waals surface area contributed by atoms with E-state index in [1.54, 1.807) is 0 Å². The van der Waals surface area contributed by atoms with Crippen molar-refractivity contribution >= 4 is 34.9 Å². The highest BCUT2D eigenvalue weighted by atomic mass is 35.5. The first-order valence-corrected chi connectivity index (χ1v) is 5.75. The van der Waals surface area contributed by atoms with Gasteiger partial charge in [-0.2, -0.15) is 0 Å². The topological polar surface area (TPSA) is 20.7 Å². The van der Waals surface area contributed by atoms with Crippen LogP contribution in [0.25, 0.3) is 11.0 Å². The van der Waals surface area contributed by atoms with Crippen molar-refractivity contribution in [1.82, 2.24) is 9.55 Å². The van der Waals surface area contributed by atoms with E-state index in [1.165, 1.54) is 0 Å². The molecule has 80 valence electrons. The third kappa shape index (κ3) is 1.94. The van der Waals surface area contributed by atoms with Crippen LogP contribution in [0.5, 0.6) is 0 Å². The summed E-state index contributed by atoms with van der Waals surface area (Å²) in [4.78, 5) is 3.15. The Kier molecular flexibility index (Phi) is 2.85. The van der Waals surface area contributed by atoms with Crippen molar-refractivity contribution in [1.29, 1.82) is 0 Å². The Hall–Kier alpha value is -0.800. The molecule has 0 unspecified atom stereocenters. The van der Waals surface area contributed by atoms with Crippen molar-refractivity contribution in [3.05, 3.63) is 28.0 Å². The molecule has 0 radical (unpaired) electrons. The SMILES string of the molecule is CC(C)Cn1c(=S)[nH]c2c(Cl)cccc21. The van der Waals surface area contributed by atoms with Gasteiger partial charge in [-0.25, -0.2) is 0 Å². The van der Waals surface area contributed by atoms with Crippen LogP contribution in [0.3, 0.4) is 0 Å². The number of hydrogen-bond donors (Lipinski definition) is 1. The number of aromatic amines is 1. The first-order valence-electron chi connectivity index (χ1n) is 4.96. The summed E-state index contributed by atoms with van der Waals surface area (Å²) in [5.41, 5.74) is 2.02. The first-order chi connectivity index (χ1) is 7.09. The van der Waals surface area contributed by atoms with Gasteiger partial charge in [0.15, 0.2) is 4.77 Å². The summed E-state index contributed by atoms with van der Waals surface area (Å²) in [5.74, 6) is 0.565. The predicted molar refractivity (Wildman–Crippen MR) is 67.0 cm³/mol. The molecule has 1 heterocycles. The number of para-hydroxylation sites is 1. The highest BCUT2D eigenvalue weighted by molar-refractivity contribution is 7.71. The van der Waals surface area contributed by atoms with Crippen molar-refractivity contribution < 1.29 is 0 Å². The van der Waals surface area contributed by atoms with Crippen LogP contribution in [0.1, 0.15) is 13.8 Å². The summed E-state index contributed by atoms with van der Waals surface area (Å²) in [7, 11) is 0. The van der Waals surface area contributed by atoms with Crippen molar-refractivity contribution in [2.45, 2.75) is 20.4 Å². The standard InChI is InChI=1S/C11H13ClN2S/c1-7(2)6-14-9-5-3-4-8(12)10(9)13-11(14)15/h3-5,7H,6H2,1-2H3,(H,13,15). The fourth-order valence-corrected chi connectivity index (χ4v) is 2.18. The Morgan fingerprint density at radius 2 is 2.20 bits per heavy atom. The molecule has 0 fully saturated rings. The van der Waals surface area contributed by atoms with Gasteiger partial charge < -0.3 is 9.55 Å². The molecule has 2 nitrogen and oxygen atoms in total. The number of benzene rings is 1. The molecule has 1 aromatic heterocycles. The fourth-order valence-electron chi connectivity index (χ4n) is 1.69. The molecule has 0 amide bonds. The van der Waals surface area contributed by atoms with Crippen LogP contribution in [-0.4, -0.2) is 9.55 Å². The Bertz CT molecular complexity index is 539. The third-order valence-corrected chi connectivity index (χ3v) is 2.94. The monoisotopic (exact) mass is 240 g/mol. The second-order valence-corrected chi connectivity index (χ2v) is 4.86. The summed E-state index contributed by atoms with van der Waals surface area (Å²) in [6, 6.07) is 5.86. The van der Waals surface area contributed by atoms with E-state index in [-0.39, 0.29) is 0 Å². The van der Waals surface area contributed by atoms with Gasteiger partial charge in [0.2, 0.25) is 0 Å². The number of hydrogen-bond acceptors (Lipinski definition) is 1. The zero-order valence-corrected chi connectivity index (χ0v) is 10.3. The number of nitrogens with one attached hydrogen (secondary N) is 1. The van der Waals surface area contributed by atoms with Crippen molar-refractivity contribution in [3.8, 4) is 0 Å². The number of H-pyrrole nitrogens is 1. The number of fused-ring (bicyclic) bond motifs is 1. The van der Waals surface area contributed by atoms with E-state index < -0.39 is 0 Å². The summed E-state index contributed by atoms with van der Waals surface area (Å²) in [6.45, 7) is 5.26. The number of rotatable bonds is 2. The highest BCUT2D eigenvalue weighted by Gasteiger charge is 2.07. The van der Waals surface area contributed by atoms with Crippen LogP contribution in [0, 0.1) is 10.7 Å². The van der Waals surface area contributed by atoms with Gasteiger partial charge in [-0.1, -0.05) is 31.5 Å². The molecule has 0 bridgehead atoms. The normalized spacial score (nSPS) is 11.5. The van der Waals surface area contributed by atoms with Crippen LogP contribution in [0.2, 0.25) is 5.02 Å². The number of halogens is 1. The lowest BCUT2D eigenvalue weighted by Crippen LogP contribution is -2.03. The van der Waals surface area contributed by atoms with Crippen LogP contribution in [-0.2, 0) is 6.54 Å². The smallest absolute Gasteiger partial charge is 0.178 e. The van der Waals surface area contributed by atoms with E-state index >= 15 is 0 Å². The second-order valence-electron chi connectivity index (χ2n) is 4.07. The molecule has 2 rings (SSSR count). The minimum atomic E-state index is 0.565. The number of imidazole rings is 1. The van der Waals surface area contributed by atoms with Gasteiger partial charge in [0.1, 0.15) is 0 Å². The Morgan fingerprint density at radius 1 is 1.47 bits per heavy atom. The average molecular weight is 241 g/mol. The van der Waals surface area contributed by atoms with Crippen LogP contribution in [0.4, 0.5) is 0 Å². The minimum Gasteiger partial charge on any atom is -0.329 e. The maximum atomic E-state index is 6.09. The lowest BCUT2D eigenvalue weighted by Gasteiger charge is -2.07. The average Bonchev–Trinajstić information content (AvgIpc) is 2.45. The van der Waals surface area contributed by atoms with Gasteiger partial charge in [0, 0.05) is 6.54 Å². The Labute approximate surface area is 98.9 Å². The molecule has 0 aliphatic carbocycles. The van der Waals surface area contributed by atoms with E-state index in [9.17, 15) is 0 Å². The largest absolute Gasteiger partial charge is 0.329 e. The van der Waals surface area contributed by atoms with Gasteiger partial charge in [-0.3, -0.25) is 0 Å². The van der Waals surface area contributed by atoms with Gasteiger partial charge in [-0.15, -0.1) is 0 Å². The summed E-state index contributed by atoms with van der Waals surface area (Å²) >= 11 is 11.4. The fraction of sp³-hybridized carbons (Fsp3) is 0.364. The van der Waals surface area contributed by atoms with Crippen molar-refractivity contribution in [3.63, 3.8) is 0 Å². The molecule has 0 aliphatic heterocycles. The van der Waals surface area contributed by atoms with E-state index in [0.717, 1.165) is 27.4 Å². The number of aromatic nitrogens is 2. The van der Waals surface area contributed by atoms with E-state index in [0.29, 0.717) is 5.92 Å². The minimum absolute atomic E-state index is 0.565. The van der Waals surface area contributed by atoms with Crippen LogP contribution < -0.4 is 0 Å². The van der Waals surface area contributed by atoms with Crippen molar-refractivity contribution in [2.75, 3.05) is 0 Å². The van der Waals surface area contributed by atoms with Gasteiger partial charge >= 0.3 is 0 Å². The zero-order valence-electron chi connectivity index (χ0n) is 8.75. The maximum absolute atomic E-state index is 6.09. The van der Waals surface area contributed by atoms with E-state index in [4.69, 9.17) is 23.8 Å². The third-order valence-electron chi connectivity index (χ3n) is 2.31. The van der Waals surface area contributed by atoms with Gasteiger partial charge in [0.05, 0.1) is 16.1 Å². The molecule has 0 spiro atoms. The molecular formula is C11H13ClN2S. The summed E-state index contributed by atoms with van der Waals surface area (Å²) in [5, 5.41) is 0.723. The maximum Gasteiger partial charge on any atom is 0.178 e. The molecule has 0 saturated heterocycles. The second kappa shape index (κ2) is 3.99. The highest BCUT2D eigenvalue weighted by Crippen LogP contribution is 2.23. The molecule has 0 saturated carbocycles. The Morgan fingerprint density at radius 3 is 2.87 bits per heavy atom. The summed E-state index contributed by atoms with van der Waals surface area (Å²) in [6.07, 6.45) is 0. The van der Waals surface area contributed by atoms with E-state index in [1.807, 2.05) is 18.2 Å². The molecular weight excluding hydrogens is 228 g/mol. The lowest BCUT2D eigenvalue weighted by atomic mass is 10.2. The first kappa shape index (κ1) is 10.7. The summed E-state index contributed by atoms with van der Waals surface area (Å²) < 4.78 is 2.84. The quantitative estimate of drug-likeness (QED) is 0.787. The molecule has 0 aliphatic rings. The lowest BCUT2D eigenvalue weighted by molar-refractivity contribution is 0.529. The zero-order chi connectivity index (χ0) is 11.0. The Balaban J connectivity index is 2.69. The molecule has 15 heavy (non-hydrogen) atoms. The van der Waals surface area contributed by atoms with Crippen LogP contribution >= 0.6 is 23.8 Å². The van der Waals surface area contributed by atoms with Gasteiger partial charge in [0.25, 0.3) is 0 Å². The van der Waals surface area contributed by atoms with Crippen molar-refractivity contribution in [2.24, 2.45) is 5.92 Å². The number of nitrogens with zero attached hydrogens (tertiary/aromatic N) is 1. The molecule has 4 heteroatoms. The predicted octanol–water partition coefficient (Wildman–Crippen LogP) is 4.01. The molecule has 2 aromatic rings. The molecule has 1 aromatic carbocycles. The van der Waals surface area contributed by atoms with Crippen LogP contribution in [0.15, 0.2) is 18.2 Å². The molecule has 0 atom stereocenters.